The summed E-state index contributed by atoms with van der Waals surface area (Å²) < 4.78 is 22.5. The number of esters is 2. The van der Waals surface area contributed by atoms with Gasteiger partial charge in [-0.3, -0.25) is 19.2 Å². The van der Waals surface area contributed by atoms with Gasteiger partial charge in [-0.25, -0.2) is 9.59 Å². The number of methoxy groups -OCH3 is 1. The number of ether oxygens (including phenoxy) is 4. The minimum absolute atomic E-state index is 0.0652. The van der Waals surface area contributed by atoms with E-state index in [2.05, 4.69) is 0 Å². The number of aliphatic hydroxyl groups excluding tert-OH is 1. The van der Waals surface area contributed by atoms with Gasteiger partial charge >= 0.3 is 29.8 Å². The lowest BCUT2D eigenvalue weighted by atomic mass is 9.47. The molecule has 1 spiro atoms. The van der Waals surface area contributed by atoms with Crippen molar-refractivity contribution in [1.82, 2.24) is 0 Å². The number of rotatable bonds is 14. The third kappa shape index (κ3) is 5.57. The van der Waals surface area contributed by atoms with Crippen molar-refractivity contribution >= 4 is 35.6 Å². The van der Waals surface area contributed by atoms with Gasteiger partial charge in [0.05, 0.1) is 36.9 Å². The molecule has 2 bridgehead atoms. The quantitative estimate of drug-likeness (QED) is 0.176. The largest absolute Gasteiger partial charge is 0.493 e. The summed E-state index contributed by atoms with van der Waals surface area (Å²) in [5.41, 5.74) is -0.348. The van der Waals surface area contributed by atoms with Crippen molar-refractivity contribution in [2.45, 2.75) is 87.1 Å². The van der Waals surface area contributed by atoms with E-state index in [4.69, 9.17) is 29.2 Å². The summed E-state index contributed by atoms with van der Waals surface area (Å²) in [6.07, 6.45) is -4.45. The smallest absolute Gasteiger partial charge is 0.345 e. The third-order valence-electron chi connectivity index (χ3n) is 9.52. The van der Waals surface area contributed by atoms with Gasteiger partial charge in [0.2, 0.25) is 6.10 Å². The van der Waals surface area contributed by atoms with Crippen LogP contribution >= 0.6 is 0 Å². The maximum atomic E-state index is 13.4. The van der Waals surface area contributed by atoms with Crippen molar-refractivity contribution in [2.24, 2.45) is 11.8 Å². The molecular weight excluding hydrogens is 612 g/mol. The predicted octanol–water partition coefficient (Wildman–Crippen LogP) is 0.884. The number of hydrogen-bond donors (Lipinski definition) is 5. The lowest BCUT2D eigenvalue weighted by molar-refractivity contribution is -0.172. The summed E-state index contributed by atoms with van der Waals surface area (Å²) in [6, 6.07) is 3.72. The molecule has 0 saturated heterocycles. The van der Waals surface area contributed by atoms with E-state index in [0.29, 0.717) is 24.3 Å². The van der Waals surface area contributed by atoms with Gasteiger partial charge in [-0.15, -0.1) is 0 Å². The number of aliphatic hydroxyl groups is 2. The van der Waals surface area contributed by atoms with Crippen LogP contribution in [-0.2, 0) is 50.1 Å². The number of hydrogen-bond acceptors (Lipinski definition) is 12. The van der Waals surface area contributed by atoms with Crippen LogP contribution in [0.4, 0.5) is 0 Å². The van der Waals surface area contributed by atoms with Gasteiger partial charge in [0, 0.05) is 18.4 Å². The molecular formula is C31H34O15. The Morgan fingerprint density at radius 2 is 1.76 bits per heavy atom. The minimum atomic E-state index is -2.14. The second kappa shape index (κ2) is 12.4. The number of benzene rings is 1. The topological polar surface area (TPSA) is 240 Å². The average Bonchev–Trinajstić information content (AvgIpc) is 3.32. The van der Waals surface area contributed by atoms with Crippen molar-refractivity contribution < 1.29 is 73.2 Å². The lowest BCUT2D eigenvalue weighted by Crippen LogP contribution is -2.67. The van der Waals surface area contributed by atoms with E-state index in [-0.39, 0.29) is 18.1 Å². The molecule has 0 aromatic heterocycles. The monoisotopic (exact) mass is 646 g/mol. The van der Waals surface area contributed by atoms with Gasteiger partial charge in [0.1, 0.15) is 11.5 Å². The molecule has 1 aromatic rings. The molecule has 5 N–H and O–H groups in total. The fraction of sp³-hybridized carbons (Fsp3) is 0.548. The Morgan fingerprint density at radius 1 is 1.02 bits per heavy atom. The SMILES string of the molecule is COc1ccc2c3c1O[C@@H]1C(OC(=O)C[C@H](CC(=O)C[C@H](O)C(=O)O)C(=O)O[C@@H](CC(=O)O)C(=O)O)=CC[C@]4(O)[C@@H](CCC[C@@]314)C2. The van der Waals surface area contributed by atoms with Crippen LogP contribution < -0.4 is 9.47 Å². The highest BCUT2D eigenvalue weighted by Gasteiger charge is 2.71. The van der Waals surface area contributed by atoms with E-state index in [0.717, 1.165) is 24.0 Å². The summed E-state index contributed by atoms with van der Waals surface area (Å²) in [5, 5.41) is 49.0. The van der Waals surface area contributed by atoms with E-state index < -0.39 is 96.6 Å². The Labute approximate surface area is 261 Å². The maximum absolute atomic E-state index is 13.4. The van der Waals surface area contributed by atoms with Crippen LogP contribution in [0.25, 0.3) is 0 Å². The summed E-state index contributed by atoms with van der Waals surface area (Å²) in [4.78, 5) is 72.5. The van der Waals surface area contributed by atoms with E-state index in [1.807, 2.05) is 6.07 Å². The molecule has 1 aliphatic heterocycles. The van der Waals surface area contributed by atoms with E-state index in [1.54, 1.807) is 12.1 Å². The van der Waals surface area contributed by atoms with Crippen LogP contribution in [0, 0.1) is 11.8 Å². The van der Waals surface area contributed by atoms with Crippen LogP contribution in [0.5, 0.6) is 11.5 Å². The third-order valence-corrected chi connectivity index (χ3v) is 9.52. The molecule has 46 heavy (non-hydrogen) atoms. The van der Waals surface area contributed by atoms with Crippen molar-refractivity contribution in [1.29, 1.82) is 0 Å². The first kappa shape index (κ1) is 32.9. The Kier molecular flexibility index (Phi) is 8.84. The molecule has 4 aliphatic rings. The van der Waals surface area contributed by atoms with Gasteiger partial charge in [-0.05, 0) is 49.3 Å². The number of carbonyl (C=O) groups excluding carboxylic acids is 3. The zero-order valence-corrected chi connectivity index (χ0v) is 24.8. The van der Waals surface area contributed by atoms with Crippen LogP contribution in [0.3, 0.4) is 0 Å². The molecule has 7 atom stereocenters. The highest BCUT2D eigenvalue weighted by molar-refractivity contribution is 5.91. The molecule has 1 aromatic carbocycles. The number of carboxylic acids is 3. The van der Waals surface area contributed by atoms with Crippen LogP contribution in [0.15, 0.2) is 24.0 Å². The Morgan fingerprint density at radius 3 is 2.41 bits per heavy atom. The van der Waals surface area contributed by atoms with Crippen LogP contribution in [0.2, 0.25) is 0 Å². The molecule has 15 nitrogen and oxygen atoms in total. The normalized spacial score (nSPS) is 27.1. The number of Topliss-reactive ketones (excluding diaryl/α,β-unsaturated/α-hetero) is 1. The van der Waals surface area contributed by atoms with Crippen molar-refractivity contribution in [3.8, 4) is 11.5 Å². The molecule has 0 radical (unpaired) electrons. The molecule has 1 fully saturated rings. The fourth-order valence-corrected chi connectivity index (χ4v) is 7.53. The van der Waals surface area contributed by atoms with Crippen LogP contribution in [0.1, 0.15) is 62.5 Å². The maximum Gasteiger partial charge on any atom is 0.345 e. The first-order valence-electron chi connectivity index (χ1n) is 14.8. The number of carboxylic acid groups (broad SMARTS) is 3. The van der Waals surface area contributed by atoms with Crippen molar-refractivity contribution in [2.75, 3.05) is 7.11 Å². The lowest BCUT2D eigenvalue weighted by Gasteiger charge is -2.59. The molecule has 15 heteroatoms. The predicted molar refractivity (Wildman–Crippen MR) is 150 cm³/mol. The second-order valence-corrected chi connectivity index (χ2v) is 12.2. The molecule has 1 saturated carbocycles. The van der Waals surface area contributed by atoms with Gasteiger partial charge < -0.3 is 44.5 Å². The highest BCUT2D eigenvalue weighted by Crippen LogP contribution is 2.67. The first-order valence-corrected chi connectivity index (χ1v) is 14.8. The zero-order valence-electron chi connectivity index (χ0n) is 24.8. The van der Waals surface area contributed by atoms with E-state index in [9.17, 15) is 44.1 Å². The highest BCUT2D eigenvalue weighted by atomic mass is 16.6. The molecule has 3 aliphatic carbocycles. The van der Waals surface area contributed by atoms with E-state index in [1.165, 1.54) is 7.11 Å². The molecule has 248 valence electrons. The Bertz CT molecular complexity index is 1510. The zero-order chi connectivity index (χ0) is 33.6. The summed E-state index contributed by atoms with van der Waals surface area (Å²) in [5.74, 6) is -9.33. The van der Waals surface area contributed by atoms with Gasteiger partial charge in [0.15, 0.2) is 23.7 Å². The Hall–Kier alpha value is -4.50. The average molecular weight is 647 g/mol. The standard InChI is InChI=1S/C31H34O15/c1-43-19-5-4-14-9-16-3-2-7-30-24(14)25(19)46-26(30)20(6-8-31(16,30)42)44-23(36)11-15(10-17(32)12-18(33)27(37)38)29(41)45-21(28(39)40)13-22(34)35/h4-6,15-16,18,21,26,33,42H,2-3,7-13H2,1H3,(H,34,35)(H,37,38)(H,39,40)/t15-,16-,18-,21-,26+,30+,31-/m0/s1. The number of carbonyl (C=O) groups is 6. The summed E-state index contributed by atoms with van der Waals surface area (Å²) in [7, 11) is 1.48. The summed E-state index contributed by atoms with van der Waals surface area (Å²) >= 11 is 0. The van der Waals surface area contributed by atoms with Crippen molar-refractivity contribution in [3.05, 3.63) is 35.1 Å². The van der Waals surface area contributed by atoms with Gasteiger partial charge in [0.25, 0.3) is 0 Å². The van der Waals surface area contributed by atoms with Gasteiger partial charge in [-0.2, -0.15) is 0 Å². The second-order valence-electron chi connectivity index (χ2n) is 12.2. The molecule has 5 rings (SSSR count). The van der Waals surface area contributed by atoms with Gasteiger partial charge in [-0.1, -0.05) is 12.5 Å². The molecule has 1 heterocycles. The van der Waals surface area contributed by atoms with Crippen LogP contribution in [-0.4, -0.2) is 92.2 Å². The fourth-order valence-electron chi connectivity index (χ4n) is 7.53. The Balaban J connectivity index is 1.40. The number of aliphatic carboxylic acids is 3. The molecule has 0 unspecified atom stereocenters. The molecule has 0 amide bonds. The summed E-state index contributed by atoms with van der Waals surface area (Å²) in [6.45, 7) is 0. The van der Waals surface area contributed by atoms with E-state index >= 15 is 0 Å². The minimum Gasteiger partial charge on any atom is -0.493 e. The number of ketones is 1. The van der Waals surface area contributed by atoms with Crippen molar-refractivity contribution in [3.63, 3.8) is 0 Å². The first-order chi connectivity index (χ1) is 21.7.